The molecule has 9 heteroatoms. The summed E-state index contributed by atoms with van der Waals surface area (Å²) in [6.07, 6.45) is 0.619. The van der Waals surface area contributed by atoms with Crippen LogP contribution in [-0.2, 0) is 13.0 Å². The molecule has 0 amide bonds. The third-order valence-electron chi connectivity index (χ3n) is 3.33. The highest BCUT2D eigenvalue weighted by Crippen LogP contribution is 2.25. The molecule has 0 unspecified atom stereocenters. The summed E-state index contributed by atoms with van der Waals surface area (Å²) in [6, 6.07) is 0. The highest BCUT2D eigenvalue weighted by atomic mass is 32.1. The van der Waals surface area contributed by atoms with Crippen molar-refractivity contribution in [3.05, 3.63) is 47.3 Å². The van der Waals surface area contributed by atoms with Crippen LogP contribution < -0.4 is 17.0 Å². The van der Waals surface area contributed by atoms with Gasteiger partial charge in [-0.1, -0.05) is 0 Å². The van der Waals surface area contributed by atoms with Crippen LogP contribution in [0.5, 0.6) is 0 Å². The fraction of sp³-hybridized carbons (Fsp3) is 0.286. The van der Waals surface area contributed by atoms with Gasteiger partial charge >= 0.3 is 5.69 Å². The van der Waals surface area contributed by atoms with Crippen LogP contribution in [0.2, 0.25) is 0 Å². The van der Waals surface area contributed by atoms with Gasteiger partial charge in [0.05, 0.1) is 17.1 Å². The van der Waals surface area contributed by atoms with E-state index in [1.165, 1.54) is 15.9 Å². The molecule has 0 spiro atoms. The standard InChI is InChI=1S/C14H15N5O2S2/c1-3-19-12(15)11(13(20)18-14(19)21)8-6-23-10(17-8)4-9-16-7(2)5-22-9/h5-6H,3-4,15H2,1-2H3,(H,18,20,21). The molecule has 120 valence electrons. The third-order valence-corrected chi connectivity index (χ3v) is 5.15. The van der Waals surface area contributed by atoms with E-state index < -0.39 is 11.2 Å². The van der Waals surface area contributed by atoms with Crippen molar-refractivity contribution in [2.75, 3.05) is 5.73 Å². The summed E-state index contributed by atoms with van der Waals surface area (Å²) in [6.45, 7) is 4.11. The minimum absolute atomic E-state index is 0.142. The summed E-state index contributed by atoms with van der Waals surface area (Å²) in [5.74, 6) is 0.142. The van der Waals surface area contributed by atoms with Crippen LogP contribution in [-0.4, -0.2) is 19.5 Å². The lowest BCUT2D eigenvalue weighted by Crippen LogP contribution is -2.32. The van der Waals surface area contributed by atoms with Crippen molar-refractivity contribution < 1.29 is 0 Å². The van der Waals surface area contributed by atoms with E-state index in [0.717, 1.165) is 15.7 Å². The van der Waals surface area contributed by atoms with Crippen molar-refractivity contribution in [1.29, 1.82) is 0 Å². The van der Waals surface area contributed by atoms with Crippen LogP contribution in [0.25, 0.3) is 11.3 Å². The quantitative estimate of drug-likeness (QED) is 0.744. The number of nitrogens with one attached hydrogen (secondary N) is 1. The van der Waals surface area contributed by atoms with E-state index in [1.807, 2.05) is 12.3 Å². The van der Waals surface area contributed by atoms with Gasteiger partial charge in [-0.05, 0) is 13.8 Å². The fourth-order valence-corrected chi connectivity index (χ4v) is 3.93. The van der Waals surface area contributed by atoms with E-state index in [2.05, 4.69) is 15.0 Å². The van der Waals surface area contributed by atoms with E-state index in [0.29, 0.717) is 18.7 Å². The second kappa shape index (κ2) is 6.09. The molecule has 3 aromatic rings. The summed E-state index contributed by atoms with van der Waals surface area (Å²) in [7, 11) is 0. The summed E-state index contributed by atoms with van der Waals surface area (Å²) in [5, 5.41) is 5.59. The molecule has 3 rings (SSSR count). The number of thiazole rings is 2. The molecule has 0 saturated carbocycles. The van der Waals surface area contributed by atoms with Gasteiger partial charge in [0.2, 0.25) is 0 Å². The first-order valence-corrected chi connectivity index (χ1v) is 8.74. The second-order valence-corrected chi connectivity index (χ2v) is 6.83. The molecule has 3 heterocycles. The molecule has 0 aromatic carbocycles. The maximum Gasteiger partial charge on any atom is 0.329 e. The van der Waals surface area contributed by atoms with Gasteiger partial charge in [-0.3, -0.25) is 14.3 Å². The van der Waals surface area contributed by atoms with Crippen molar-refractivity contribution in [2.45, 2.75) is 26.8 Å². The number of H-pyrrole nitrogens is 1. The molecule has 3 aromatic heterocycles. The van der Waals surface area contributed by atoms with E-state index in [4.69, 9.17) is 5.73 Å². The molecular formula is C14H15N5O2S2. The fourth-order valence-electron chi connectivity index (χ4n) is 2.27. The van der Waals surface area contributed by atoms with Gasteiger partial charge in [0.15, 0.2) is 0 Å². The van der Waals surface area contributed by atoms with Crippen LogP contribution in [0, 0.1) is 6.92 Å². The minimum Gasteiger partial charge on any atom is -0.384 e. The number of hydrogen-bond acceptors (Lipinski definition) is 7. The average Bonchev–Trinajstić information content (AvgIpc) is 3.09. The van der Waals surface area contributed by atoms with Crippen LogP contribution in [0.15, 0.2) is 20.3 Å². The van der Waals surface area contributed by atoms with Crippen LogP contribution in [0.3, 0.4) is 0 Å². The molecule has 7 nitrogen and oxygen atoms in total. The van der Waals surface area contributed by atoms with E-state index in [1.54, 1.807) is 23.6 Å². The van der Waals surface area contributed by atoms with Gasteiger partial charge in [-0.25, -0.2) is 14.8 Å². The summed E-state index contributed by atoms with van der Waals surface area (Å²) in [5.41, 5.74) is 6.68. The average molecular weight is 349 g/mol. The molecule has 0 aliphatic carbocycles. The molecular weight excluding hydrogens is 334 g/mol. The zero-order valence-electron chi connectivity index (χ0n) is 12.6. The molecule has 0 radical (unpaired) electrons. The molecule has 0 aliphatic rings. The smallest absolute Gasteiger partial charge is 0.329 e. The minimum atomic E-state index is -0.515. The largest absolute Gasteiger partial charge is 0.384 e. The lowest BCUT2D eigenvalue weighted by atomic mass is 10.2. The number of aromatic nitrogens is 4. The number of aryl methyl sites for hydroxylation is 1. The lowest BCUT2D eigenvalue weighted by molar-refractivity contribution is 0.706. The van der Waals surface area contributed by atoms with Crippen LogP contribution in [0.4, 0.5) is 5.82 Å². The molecule has 0 saturated heterocycles. The van der Waals surface area contributed by atoms with E-state index in [-0.39, 0.29) is 11.4 Å². The Balaban J connectivity index is 2.00. The Morgan fingerprint density at radius 3 is 2.57 bits per heavy atom. The topological polar surface area (TPSA) is 107 Å². The molecule has 0 fully saturated rings. The van der Waals surface area contributed by atoms with E-state index >= 15 is 0 Å². The maximum absolute atomic E-state index is 12.1. The SMILES string of the molecule is CCn1c(N)c(-c2csc(Cc3nc(C)cs3)n2)c(=O)[nH]c1=O. The first kappa shape index (κ1) is 15.6. The van der Waals surface area contributed by atoms with Crippen LogP contribution >= 0.6 is 22.7 Å². The van der Waals surface area contributed by atoms with E-state index in [9.17, 15) is 9.59 Å². The molecule has 23 heavy (non-hydrogen) atoms. The summed E-state index contributed by atoms with van der Waals surface area (Å²) < 4.78 is 1.32. The molecule has 0 atom stereocenters. The first-order chi connectivity index (χ1) is 11.0. The zero-order chi connectivity index (χ0) is 16.6. The predicted molar refractivity (Wildman–Crippen MR) is 92.2 cm³/mol. The molecule has 0 aliphatic heterocycles. The number of rotatable bonds is 4. The summed E-state index contributed by atoms with van der Waals surface area (Å²) >= 11 is 3.02. The molecule has 0 bridgehead atoms. The Hall–Kier alpha value is -2.26. The van der Waals surface area contributed by atoms with Crippen molar-refractivity contribution >= 4 is 28.5 Å². The zero-order valence-corrected chi connectivity index (χ0v) is 14.3. The van der Waals surface area contributed by atoms with Crippen molar-refractivity contribution in [1.82, 2.24) is 19.5 Å². The Kier molecular flexibility index (Phi) is 4.14. The Bertz CT molecular complexity index is 966. The van der Waals surface area contributed by atoms with Gasteiger partial charge in [-0.2, -0.15) is 0 Å². The number of nitrogens with two attached hydrogens (primary N) is 1. The van der Waals surface area contributed by atoms with Gasteiger partial charge in [-0.15, -0.1) is 22.7 Å². The van der Waals surface area contributed by atoms with Crippen LogP contribution in [0.1, 0.15) is 22.6 Å². The van der Waals surface area contributed by atoms with Gasteiger partial charge < -0.3 is 5.73 Å². The van der Waals surface area contributed by atoms with Gasteiger partial charge in [0.1, 0.15) is 16.4 Å². The summed E-state index contributed by atoms with van der Waals surface area (Å²) in [4.78, 5) is 35.0. The van der Waals surface area contributed by atoms with Gasteiger partial charge in [0, 0.05) is 23.0 Å². The third kappa shape index (κ3) is 2.97. The predicted octanol–water partition coefficient (Wildman–Crippen LogP) is 1.62. The first-order valence-electron chi connectivity index (χ1n) is 6.98. The second-order valence-electron chi connectivity index (χ2n) is 4.95. The van der Waals surface area contributed by atoms with Gasteiger partial charge in [0.25, 0.3) is 5.56 Å². The monoisotopic (exact) mass is 349 g/mol. The number of nitrogen functional groups attached to an aromatic ring is 1. The number of nitrogens with zero attached hydrogens (tertiary/aromatic N) is 3. The van der Waals surface area contributed by atoms with Crippen molar-refractivity contribution in [3.63, 3.8) is 0 Å². The highest BCUT2D eigenvalue weighted by Gasteiger charge is 2.16. The molecule has 3 N–H and O–H groups in total. The van der Waals surface area contributed by atoms with Crippen molar-refractivity contribution in [2.24, 2.45) is 0 Å². The lowest BCUT2D eigenvalue weighted by Gasteiger charge is -2.08. The Labute approximate surface area is 139 Å². The Morgan fingerprint density at radius 1 is 1.22 bits per heavy atom. The number of hydrogen-bond donors (Lipinski definition) is 2. The Morgan fingerprint density at radius 2 is 1.91 bits per heavy atom. The number of anilines is 1. The van der Waals surface area contributed by atoms with Crippen molar-refractivity contribution in [3.8, 4) is 11.3 Å². The normalized spacial score (nSPS) is 11.0. The highest BCUT2D eigenvalue weighted by molar-refractivity contribution is 7.11. The number of aromatic amines is 1. The maximum atomic E-state index is 12.1.